The number of hydrogen-bond donors (Lipinski definition) is 2. The molecule has 3 aromatic carbocycles. The van der Waals surface area contributed by atoms with Crippen LogP contribution in [0.25, 0.3) is 11.1 Å². The summed E-state index contributed by atoms with van der Waals surface area (Å²) >= 11 is 0. The fourth-order valence-electron chi connectivity index (χ4n) is 7.57. The molecule has 0 radical (unpaired) electrons. The van der Waals surface area contributed by atoms with Crippen LogP contribution in [0, 0.1) is 5.92 Å². The number of carbonyl (C=O) groups is 2. The van der Waals surface area contributed by atoms with Gasteiger partial charge in [0.05, 0.1) is 18.8 Å². The zero-order chi connectivity index (χ0) is 34.3. The first-order valence-corrected chi connectivity index (χ1v) is 17.9. The van der Waals surface area contributed by atoms with Gasteiger partial charge < -0.3 is 29.5 Å². The maximum Gasteiger partial charge on any atom is 0.303 e. The number of benzene rings is 3. The largest absolute Gasteiger partial charge is 0.453 e. The smallest absolute Gasteiger partial charge is 0.303 e. The van der Waals surface area contributed by atoms with Crippen LogP contribution in [0.15, 0.2) is 72.8 Å². The fraction of sp³-hybridized carbons (Fsp3) is 0.500. The van der Waals surface area contributed by atoms with Gasteiger partial charge in [-0.15, -0.1) is 0 Å². The molecule has 0 aliphatic carbocycles. The Morgan fingerprint density at radius 3 is 2.35 bits per heavy atom. The Hall–Kier alpha value is -3.60. The quantitative estimate of drug-likeness (QED) is 0.235. The van der Waals surface area contributed by atoms with Crippen LogP contribution in [-0.4, -0.2) is 77.8 Å². The number of nitrogens with zero attached hydrogens (tertiary/aromatic N) is 2. The van der Waals surface area contributed by atoms with Crippen molar-refractivity contribution in [1.82, 2.24) is 15.1 Å². The van der Waals surface area contributed by atoms with Gasteiger partial charge >= 0.3 is 5.97 Å². The van der Waals surface area contributed by atoms with Crippen molar-refractivity contribution in [3.8, 4) is 11.1 Å². The molecule has 3 aliphatic rings. The van der Waals surface area contributed by atoms with Gasteiger partial charge in [-0.2, -0.15) is 0 Å². The van der Waals surface area contributed by atoms with Gasteiger partial charge in [0.1, 0.15) is 0 Å². The van der Waals surface area contributed by atoms with Gasteiger partial charge in [-0.05, 0) is 80.1 Å². The molecule has 49 heavy (non-hydrogen) atoms. The van der Waals surface area contributed by atoms with E-state index in [0.717, 1.165) is 53.0 Å². The Labute approximate surface area is 290 Å². The predicted molar refractivity (Wildman–Crippen MR) is 188 cm³/mol. The topological polar surface area (TPSA) is 101 Å². The SMILES string of the molecule is CC(=O)O[C@@H](C)C(=O)NCc1ccccc1-c1ccc([C@@H]2O[C@H](CN3CCC[C@H]3CN3CCCC3)[C@H](C)[C@H](c3ccc(CO)cc3)O2)cc1. The second-order valence-corrected chi connectivity index (χ2v) is 13.9. The molecule has 262 valence electrons. The summed E-state index contributed by atoms with van der Waals surface area (Å²) in [5.74, 6) is -0.694. The summed E-state index contributed by atoms with van der Waals surface area (Å²) in [6.45, 7) is 11.0. The number of ether oxygens (including phenoxy) is 3. The summed E-state index contributed by atoms with van der Waals surface area (Å²) in [6.07, 6.45) is 3.52. The summed E-state index contributed by atoms with van der Waals surface area (Å²) in [4.78, 5) is 29.1. The van der Waals surface area contributed by atoms with Crippen molar-refractivity contribution in [2.75, 3.05) is 32.7 Å². The molecule has 3 aromatic rings. The Morgan fingerprint density at radius 2 is 1.63 bits per heavy atom. The lowest BCUT2D eigenvalue weighted by Gasteiger charge is -2.43. The van der Waals surface area contributed by atoms with Crippen LogP contribution in [0.1, 0.15) is 81.1 Å². The van der Waals surface area contributed by atoms with Crippen molar-refractivity contribution in [2.45, 2.75) is 90.2 Å². The van der Waals surface area contributed by atoms with Crippen LogP contribution < -0.4 is 5.32 Å². The lowest BCUT2D eigenvalue weighted by Crippen LogP contribution is -2.48. The molecule has 0 aromatic heterocycles. The summed E-state index contributed by atoms with van der Waals surface area (Å²) in [6, 6.07) is 24.9. The van der Waals surface area contributed by atoms with E-state index >= 15 is 0 Å². The maximum absolute atomic E-state index is 12.5. The van der Waals surface area contributed by atoms with Crippen LogP contribution in [-0.2, 0) is 37.0 Å². The highest BCUT2D eigenvalue weighted by Crippen LogP contribution is 2.42. The Kier molecular flexibility index (Phi) is 11.8. The highest BCUT2D eigenvalue weighted by atomic mass is 16.7. The number of amides is 1. The number of aliphatic hydroxyl groups is 1. The monoisotopic (exact) mass is 669 g/mol. The second-order valence-electron chi connectivity index (χ2n) is 13.9. The first kappa shape index (κ1) is 35.2. The highest BCUT2D eigenvalue weighted by molar-refractivity contribution is 5.83. The molecule has 9 heteroatoms. The van der Waals surface area contributed by atoms with E-state index in [1.54, 1.807) is 6.92 Å². The maximum atomic E-state index is 12.5. The van der Waals surface area contributed by atoms with Gasteiger partial charge in [0.2, 0.25) is 0 Å². The summed E-state index contributed by atoms with van der Waals surface area (Å²) < 4.78 is 18.6. The first-order chi connectivity index (χ1) is 23.8. The molecule has 3 heterocycles. The molecule has 0 saturated carbocycles. The van der Waals surface area contributed by atoms with Crippen molar-refractivity contribution >= 4 is 11.9 Å². The van der Waals surface area contributed by atoms with E-state index in [1.165, 1.54) is 45.7 Å². The van der Waals surface area contributed by atoms with E-state index < -0.39 is 18.4 Å². The first-order valence-electron chi connectivity index (χ1n) is 17.9. The zero-order valence-corrected chi connectivity index (χ0v) is 29.1. The van der Waals surface area contributed by atoms with Crippen LogP contribution >= 0.6 is 0 Å². The summed E-state index contributed by atoms with van der Waals surface area (Å²) in [5.41, 5.74) is 5.90. The molecular weight excluding hydrogens is 618 g/mol. The third-order valence-electron chi connectivity index (χ3n) is 10.4. The van der Waals surface area contributed by atoms with Gasteiger partial charge in [0, 0.05) is 44.1 Å². The standard InChI is InChI=1S/C40H51N3O6/c1-27-37(25-43-22-8-10-35(43)24-42-20-6-7-21-42)48-40(49-38(27)32-14-12-30(26-44)13-15-32)33-18-16-31(17-19-33)36-11-5-4-9-34(36)23-41-39(46)28(2)47-29(3)45/h4-5,9,11-19,27-28,35,37-38,40,44H,6-8,10,20-26H2,1-3H3,(H,41,46)/t27-,28-,35-,37+,38+,40+/m0/s1. The summed E-state index contributed by atoms with van der Waals surface area (Å²) in [5, 5.41) is 12.5. The molecule has 6 atom stereocenters. The lowest BCUT2D eigenvalue weighted by atomic mass is 9.89. The number of esters is 1. The van der Waals surface area contributed by atoms with E-state index in [2.05, 4.69) is 58.4 Å². The molecule has 6 rings (SSSR count). The molecule has 9 nitrogen and oxygen atoms in total. The zero-order valence-electron chi connectivity index (χ0n) is 29.1. The molecule has 3 saturated heterocycles. The third kappa shape index (κ3) is 8.77. The Bertz CT molecular complexity index is 1540. The lowest BCUT2D eigenvalue weighted by molar-refractivity contribution is -0.276. The minimum Gasteiger partial charge on any atom is -0.453 e. The highest BCUT2D eigenvalue weighted by Gasteiger charge is 2.41. The van der Waals surface area contributed by atoms with Crippen molar-refractivity contribution < 1.29 is 28.9 Å². The van der Waals surface area contributed by atoms with Gasteiger partial charge in [-0.25, -0.2) is 0 Å². The van der Waals surface area contributed by atoms with Gasteiger partial charge in [0.25, 0.3) is 5.91 Å². The number of hydrogen-bond acceptors (Lipinski definition) is 8. The van der Waals surface area contributed by atoms with Crippen LogP contribution in [0.4, 0.5) is 0 Å². The minimum atomic E-state index is -0.858. The van der Waals surface area contributed by atoms with Gasteiger partial charge in [-0.1, -0.05) is 79.7 Å². The average molecular weight is 670 g/mol. The van der Waals surface area contributed by atoms with E-state index in [4.69, 9.17) is 14.2 Å². The van der Waals surface area contributed by atoms with Gasteiger partial charge in [-0.3, -0.25) is 14.5 Å². The minimum absolute atomic E-state index is 0.0122. The molecule has 1 amide bonds. The number of nitrogens with one attached hydrogen (secondary N) is 1. The third-order valence-corrected chi connectivity index (χ3v) is 10.4. The second kappa shape index (κ2) is 16.4. The number of rotatable bonds is 12. The van der Waals surface area contributed by atoms with Crippen molar-refractivity contribution in [2.24, 2.45) is 5.92 Å². The van der Waals surface area contributed by atoms with Crippen molar-refractivity contribution in [3.05, 3.63) is 95.1 Å². The number of likely N-dealkylation sites (tertiary alicyclic amines) is 2. The Balaban J connectivity index is 1.19. The number of carbonyl (C=O) groups excluding carboxylic acids is 2. The van der Waals surface area contributed by atoms with Crippen LogP contribution in [0.3, 0.4) is 0 Å². The van der Waals surface area contributed by atoms with E-state index in [-0.39, 0.29) is 30.6 Å². The van der Waals surface area contributed by atoms with Crippen LogP contribution in [0.2, 0.25) is 0 Å². The van der Waals surface area contributed by atoms with Crippen molar-refractivity contribution in [3.63, 3.8) is 0 Å². The molecule has 0 bridgehead atoms. The molecule has 0 spiro atoms. The predicted octanol–water partition coefficient (Wildman–Crippen LogP) is 5.77. The fourth-order valence-corrected chi connectivity index (χ4v) is 7.57. The van der Waals surface area contributed by atoms with Crippen molar-refractivity contribution in [1.29, 1.82) is 0 Å². The Morgan fingerprint density at radius 1 is 0.918 bits per heavy atom. The average Bonchev–Trinajstić information content (AvgIpc) is 3.80. The summed E-state index contributed by atoms with van der Waals surface area (Å²) in [7, 11) is 0. The normalized spacial score (nSPS) is 25.3. The van der Waals surface area contributed by atoms with Crippen LogP contribution in [0.5, 0.6) is 0 Å². The molecule has 0 unspecified atom stereocenters. The number of aliphatic hydroxyl groups excluding tert-OH is 1. The molecular formula is C40H51N3O6. The molecule has 3 fully saturated rings. The molecule has 3 aliphatic heterocycles. The van der Waals surface area contributed by atoms with E-state index in [9.17, 15) is 14.7 Å². The molecule has 2 N–H and O–H groups in total. The van der Waals surface area contributed by atoms with Gasteiger partial charge in [0.15, 0.2) is 12.4 Å². The van der Waals surface area contributed by atoms with E-state index in [1.807, 2.05) is 36.4 Å². The van der Waals surface area contributed by atoms with E-state index in [0.29, 0.717) is 12.6 Å².